The number of rotatable bonds is 3. The first-order valence-electron chi connectivity index (χ1n) is 10.0. The molecule has 3 nitrogen and oxygen atoms in total. The van der Waals surface area contributed by atoms with Crippen LogP contribution in [0, 0.1) is 11.8 Å². The number of nitrogens with zero attached hydrogens (tertiary/aromatic N) is 1. The van der Waals surface area contributed by atoms with E-state index in [0.717, 1.165) is 53.5 Å². The molecule has 2 aromatic carbocycles. The van der Waals surface area contributed by atoms with Gasteiger partial charge in [0.25, 0.3) is 0 Å². The molecule has 0 amide bonds. The van der Waals surface area contributed by atoms with E-state index in [1.807, 2.05) is 24.3 Å². The van der Waals surface area contributed by atoms with Crippen LogP contribution in [0.4, 0.5) is 11.4 Å². The zero-order valence-electron chi connectivity index (χ0n) is 16.1. The molecule has 142 valence electrons. The van der Waals surface area contributed by atoms with Gasteiger partial charge in [-0.25, -0.2) is 4.99 Å². The van der Waals surface area contributed by atoms with E-state index >= 15 is 0 Å². The van der Waals surface area contributed by atoms with Crippen molar-refractivity contribution in [2.24, 2.45) is 16.8 Å². The number of amidine groups is 1. The number of para-hydroxylation sites is 2. The van der Waals surface area contributed by atoms with Crippen LogP contribution in [0.5, 0.6) is 0 Å². The van der Waals surface area contributed by atoms with Gasteiger partial charge in [0.1, 0.15) is 5.84 Å². The van der Waals surface area contributed by atoms with Crippen LogP contribution in [0.3, 0.4) is 0 Å². The zero-order chi connectivity index (χ0) is 18.9. The van der Waals surface area contributed by atoms with Crippen LogP contribution in [0.1, 0.15) is 45.1 Å². The lowest BCUT2D eigenvalue weighted by atomic mass is 9.71. The van der Waals surface area contributed by atoms with Gasteiger partial charge in [0, 0.05) is 11.6 Å². The Labute approximate surface area is 167 Å². The van der Waals surface area contributed by atoms with Crippen molar-refractivity contribution in [1.82, 2.24) is 5.32 Å². The van der Waals surface area contributed by atoms with Gasteiger partial charge in [0.2, 0.25) is 0 Å². The van der Waals surface area contributed by atoms with Crippen molar-refractivity contribution in [2.75, 3.05) is 5.32 Å². The zero-order valence-corrected chi connectivity index (χ0v) is 16.9. The number of hydrogen-bond acceptors (Lipinski definition) is 3. The Morgan fingerprint density at radius 1 is 1.15 bits per heavy atom. The van der Waals surface area contributed by atoms with Crippen molar-refractivity contribution >= 4 is 28.8 Å². The Morgan fingerprint density at radius 3 is 2.67 bits per heavy atom. The van der Waals surface area contributed by atoms with E-state index < -0.39 is 0 Å². The Hall–Kier alpha value is -2.00. The van der Waals surface area contributed by atoms with Crippen LogP contribution in [0.25, 0.3) is 0 Å². The third kappa shape index (κ3) is 3.84. The molecule has 0 atom stereocenters. The highest BCUT2D eigenvalue weighted by Crippen LogP contribution is 2.43. The van der Waals surface area contributed by atoms with Gasteiger partial charge in [0.15, 0.2) is 0 Å². The molecule has 0 aromatic heterocycles. The SMILES string of the molecule is CC(C)C1CCC2(CC1)Nc1ccccc1N=C2NCc1cccc(Cl)c1. The van der Waals surface area contributed by atoms with Gasteiger partial charge in [-0.1, -0.05) is 49.7 Å². The van der Waals surface area contributed by atoms with E-state index in [-0.39, 0.29) is 5.54 Å². The summed E-state index contributed by atoms with van der Waals surface area (Å²) < 4.78 is 0. The first-order chi connectivity index (χ1) is 13.1. The lowest BCUT2D eigenvalue weighted by Crippen LogP contribution is -2.55. The maximum Gasteiger partial charge on any atom is 0.128 e. The van der Waals surface area contributed by atoms with Gasteiger partial charge in [-0.05, 0) is 67.3 Å². The van der Waals surface area contributed by atoms with Gasteiger partial charge >= 0.3 is 0 Å². The van der Waals surface area contributed by atoms with Gasteiger partial charge in [-0.15, -0.1) is 0 Å². The standard InChI is InChI=1S/C23H28ClN3/c1-16(2)18-10-12-23(13-11-18)22(25-15-17-6-5-7-19(24)14-17)26-20-8-3-4-9-21(20)27-23/h3-9,14,16,18,27H,10-13,15H2,1-2H3,(H,25,26). The molecular formula is C23H28ClN3. The smallest absolute Gasteiger partial charge is 0.128 e. The van der Waals surface area contributed by atoms with Crippen LogP contribution in [-0.4, -0.2) is 11.4 Å². The summed E-state index contributed by atoms with van der Waals surface area (Å²) in [5.41, 5.74) is 3.25. The van der Waals surface area contributed by atoms with Crippen LogP contribution in [0.2, 0.25) is 5.02 Å². The number of aliphatic imine (C=N–C) groups is 1. The van der Waals surface area contributed by atoms with Gasteiger partial charge in [0.05, 0.1) is 16.9 Å². The topological polar surface area (TPSA) is 36.4 Å². The molecule has 4 heteroatoms. The number of fused-ring (bicyclic) bond motifs is 1. The second kappa shape index (κ2) is 7.55. The molecule has 0 unspecified atom stereocenters. The summed E-state index contributed by atoms with van der Waals surface area (Å²) in [5, 5.41) is 8.26. The molecule has 0 radical (unpaired) electrons. The molecule has 1 aliphatic carbocycles. The highest BCUT2D eigenvalue weighted by molar-refractivity contribution is 6.30. The normalized spacial score (nSPS) is 24.3. The maximum absolute atomic E-state index is 6.15. The molecule has 1 fully saturated rings. The average Bonchev–Trinajstić information content (AvgIpc) is 2.67. The van der Waals surface area contributed by atoms with Crippen molar-refractivity contribution in [3.63, 3.8) is 0 Å². The summed E-state index contributed by atoms with van der Waals surface area (Å²) in [7, 11) is 0. The summed E-state index contributed by atoms with van der Waals surface area (Å²) in [6.45, 7) is 5.43. The van der Waals surface area contributed by atoms with Crippen LogP contribution < -0.4 is 10.6 Å². The Morgan fingerprint density at radius 2 is 1.93 bits per heavy atom. The third-order valence-electron chi connectivity index (χ3n) is 6.14. The molecule has 1 aliphatic heterocycles. The van der Waals surface area contributed by atoms with E-state index in [1.54, 1.807) is 0 Å². The minimum atomic E-state index is -0.0850. The quantitative estimate of drug-likeness (QED) is 0.666. The average molecular weight is 382 g/mol. The highest BCUT2D eigenvalue weighted by Gasteiger charge is 2.42. The molecule has 2 aliphatic rings. The predicted octanol–water partition coefficient (Wildman–Crippen LogP) is 6.17. The van der Waals surface area contributed by atoms with Crippen molar-refractivity contribution in [1.29, 1.82) is 0 Å². The maximum atomic E-state index is 6.15. The fourth-order valence-corrected chi connectivity index (χ4v) is 4.64. The summed E-state index contributed by atoms with van der Waals surface area (Å²) in [5.74, 6) is 2.63. The lowest BCUT2D eigenvalue weighted by molar-refractivity contribution is 0.242. The second-order valence-corrected chi connectivity index (χ2v) is 8.69. The minimum absolute atomic E-state index is 0.0850. The van der Waals surface area contributed by atoms with E-state index in [9.17, 15) is 0 Å². The lowest BCUT2D eigenvalue weighted by Gasteiger charge is -2.45. The van der Waals surface area contributed by atoms with Gasteiger partial charge in [-0.3, -0.25) is 0 Å². The number of nitrogens with one attached hydrogen (secondary N) is 2. The van der Waals surface area contributed by atoms with E-state index in [4.69, 9.17) is 16.6 Å². The molecule has 4 rings (SSSR count). The summed E-state index contributed by atoms with van der Waals surface area (Å²) in [6, 6.07) is 16.4. The van der Waals surface area contributed by atoms with E-state index in [0.29, 0.717) is 0 Å². The first-order valence-corrected chi connectivity index (χ1v) is 10.4. The van der Waals surface area contributed by atoms with Crippen molar-refractivity contribution in [3.8, 4) is 0 Å². The molecule has 0 bridgehead atoms. The molecule has 1 heterocycles. The van der Waals surface area contributed by atoms with Gasteiger partial charge in [-0.2, -0.15) is 0 Å². The number of halogens is 1. The Balaban J connectivity index is 1.59. The van der Waals surface area contributed by atoms with Crippen LogP contribution in [0.15, 0.2) is 53.5 Å². The molecule has 27 heavy (non-hydrogen) atoms. The number of anilines is 1. The molecule has 1 saturated carbocycles. The van der Waals surface area contributed by atoms with E-state index in [1.165, 1.54) is 18.4 Å². The fraction of sp³-hybridized carbons (Fsp3) is 0.435. The molecule has 2 N–H and O–H groups in total. The molecule has 1 spiro atoms. The van der Waals surface area contributed by atoms with Crippen molar-refractivity contribution in [2.45, 2.75) is 51.6 Å². The number of benzene rings is 2. The molecule has 2 aromatic rings. The summed E-state index contributed by atoms with van der Waals surface area (Å²) >= 11 is 6.15. The van der Waals surface area contributed by atoms with E-state index in [2.05, 4.69) is 48.7 Å². The van der Waals surface area contributed by atoms with Crippen molar-refractivity contribution < 1.29 is 0 Å². The first kappa shape index (κ1) is 18.4. The van der Waals surface area contributed by atoms with Crippen molar-refractivity contribution in [3.05, 3.63) is 59.1 Å². The predicted molar refractivity (Wildman–Crippen MR) is 115 cm³/mol. The second-order valence-electron chi connectivity index (χ2n) is 8.25. The largest absolute Gasteiger partial charge is 0.371 e. The number of hydrogen-bond donors (Lipinski definition) is 2. The van der Waals surface area contributed by atoms with Crippen LogP contribution >= 0.6 is 11.6 Å². The molecular weight excluding hydrogens is 354 g/mol. The monoisotopic (exact) mass is 381 g/mol. The molecule has 0 saturated heterocycles. The highest BCUT2D eigenvalue weighted by atomic mass is 35.5. The summed E-state index contributed by atoms with van der Waals surface area (Å²) in [6.07, 6.45) is 4.71. The minimum Gasteiger partial charge on any atom is -0.371 e. The van der Waals surface area contributed by atoms with Gasteiger partial charge < -0.3 is 10.6 Å². The Kier molecular flexibility index (Phi) is 5.14. The summed E-state index contributed by atoms with van der Waals surface area (Å²) in [4.78, 5) is 5.04. The van der Waals surface area contributed by atoms with Crippen LogP contribution in [-0.2, 0) is 6.54 Å². The third-order valence-corrected chi connectivity index (χ3v) is 6.37. The fourth-order valence-electron chi connectivity index (χ4n) is 4.42. The Bertz CT molecular complexity index is 835.